The number of esters is 1. The molecule has 0 heterocycles. The lowest BCUT2D eigenvalue weighted by Crippen LogP contribution is -2.41. The first-order valence-electron chi connectivity index (χ1n) is 14.4. The van der Waals surface area contributed by atoms with Crippen molar-refractivity contribution in [2.75, 3.05) is 40.1 Å². The standard InChI is InChI=1S/C30H47NO11/c1-8-21(5)18-39-29(34)41-25-11-10-23(17-26(25)42-30(35)40-19-22(6)9-2)16-24(27(32)36-7)31-13-15-38-28(33)37-14-12-20(3)4/h10-11,17,20-22,24,31H,8-9,12-16,18-19H2,1-7H3/t21?,22?,24-/m0/s1. The van der Waals surface area contributed by atoms with Crippen molar-refractivity contribution in [2.45, 2.75) is 73.3 Å². The van der Waals surface area contributed by atoms with E-state index in [1.165, 1.54) is 19.2 Å². The van der Waals surface area contributed by atoms with Gasteiger partial charge < -0.3 is 38.5 Å². The van der Waals surface area contributed by atoms with Gasteiger partial charge in [-0.15, -0.1) is 0 Å². The summed E-state index contributed by atoms with van der Waals surface area (Å²) >= 11 is 0. The first kappa shape index (κ1) is 36.5. The van der Waals surface area contributed by atoms with Gasteiger partial charge in [0.2, 0.25) is 0 Å². The number of rotatable bonds is 18. The summed E-state index contributed by atoms with van der Waals surface area (Å²) in [7, 11) is 1.25. The van der Waals surface area contributed by atoms with Gasteiger partial charge in [0.15, 0.2) is 11.5 Å². The van der Waals surface area contributed by atoms with Gasteiger partial charge in [0.05, 0.1) is 26.9 Å². The van der Waals surface area contributed by atoms with Crippen LogP contribution in [0.1, 0.15) is 66.4 Å². The predicted octanol–water partition coefficient (Wildman–Crippen LogP) is 5.68. The zero-order valence-electron chi connectivity index (χ0n) is 25.9. The molecule has 1 N–H and O–H groups in total. The third-order valence-electron chi connectivity index (χ3n) is 6.31. The molecule has 0 aliphatic carbocycles. The highest BCUT2D eigenvalue weighted by Gasteiger charge is 2.22. The molecule has 0 spiro atoms. The van der Waals surface area contributed by atoms with Crippen LogP contribution >= 0.6 is 0 Å². The quantitative estimate of drug-likeness (QED) is 0.0961. The van der Waals surface area contributed by atoms with E-state index in [1.54, 1.807) is 6.07 Å². The van der Waals surface area contributed by atoms with Crippen molar-refractivity contribution < 1.29 is 52.3 Å². The molecule has 12 heteroatoms. The number of methoxy groups -OCH3 is 1. The monoisotopic (exact) mass is 597 g/mol. The van der Waals surface area contributed by atoms with Crippen LogP contribution in [0.25, 0.3) is 0 Å². The average Bonchev–Trinajstić information content (AvgIpc) is 2.96. The molecule has 0 radical (unpaired) electrons. The average molecular weight is 598 g/mol. The summed E-state index contributed by atoms with van der Waals surface area (Å²) in [5, 5.41) is 2.98. The molecule has 0 saturated heterocycles. The smallest absolute Gasteiger partial charge is 0.468 e. The molecule has 238 valence electrons. The van der Waals surface area contributed by atoms with Crippen LogP contribution in [0.5, 0.6) is 11.5 Å². The number of benzene rings is 1. The Hall–Kier alpha value is -3.54. The fraction of sp³-hybridized carbons (Fsp3) is 0.667. The highest BCUT2D eigenvalue weighted by molar-refractivity contribution is 5.76. The van der Waals surface area contributed by atoms with E-state index in [0.29, 0.717) is 11.5 Å². The maximum atomic E-state index is 12.4. The van der Waals surface area contributed by atoms with Gasteiger partial charge in [-0.3, -0.25) is 4.79 Å². The lowest BCUT2D eigenvalue weighted by atomic mass is 10.1. The van der Waals surface area contributed by atoms with Crippen molar-refractivity contribution in [3.63, 3.8) is 0 Å². The Morgan fingerprint density at radius 1 is 0.762 bits per heavy atom. The van der Waals surface area contributed by atoms with Crippen molar-refractivity contribution in [3.05, 3.63) is 23.8 Å². The van der Waals surface area contributed by atoms with E-state index < -0.39 is 30.5 Å². The number of ether oxygens (including phenoxy) is 7. The molecule has 1 rings (SSSR count). The van der Waals surface area contributed by atoms with Gasteiger partial charge >= 0.3 is 24.4 Å². The summed E-state index contributed by atoms with van der Waals surface area (Å²) in [6.07, 6.45) is -0.228. The van der Waals surface area contributed by atoms with E-state index in [0.717, 1.165) is 19.3 Å². The van der Waals surface area contributed by atoms with Gasteiger partial charge in [-0.2, -0.15) is 0 Å². The van der Waals surface area contributed by atoms with E-state index in [2.05, 4.69) is 5.32 Å². The van der Waals surface area contributed by atoms with Gasteiger partial charge in [-0.05, 0) is 48.3 Å². The van der Waals surface area contributed by atoms with Crippen molar-refractivity contribution >= 4 is 24.4 Å². The molecule has 12 nitrogen and oxygen atoms in total. The summed E-state index contributed by atoms with van der Waals surface area (Å²) < 4.78 is 35.9. The third-order valence-corrected chi connectivity index (χ3v) is 6.31. The van der Waals surface area contributed by atoms with Gasteiger partial charge in [-0.25, -0.2) is 14.4 Å². The van der Waals surface area contributed by atoms with Crippen LogP contribution in [0.3, 0.4) is 0 Å². The minimum absolute atomic E-state index is 0.0318. The van der Waals surface area contributed by atoms with Crippen molar-refractivity contribution in [1.29, 1.82) is 0 Å². The topological polar surface area (TPSA) is 145 Å². The Balaban J connectivity index is 2.94. The molecular formula is C30H47NO11. The van der Waals surface area contributed by atoms with Gasteiger partial charge in [0, 0.05) is 6.54 Å². The Bertz CT molecular complexity index is 982. The first-order chi connectivity index (χ1) is 20.0. The number of hydrogen-bond acceptors (Lipinski definition) is 12. The SMILES string of the molecule is CCC(C)COC(=O)Oc1ccc(C[C@H](NCCOC(=O)OCCC(C)C)C(=O)OC)cc1OC(=O)OCC(C)CC. The maximum absolute atomic E-state index is 12.4. The Morgan fingerprint density at radius 2 is 1.33 bits per heavy atom. The van der Waals surface area contributed by atoms with Crippen molar-refractivity contribution in [3.8, 4) is 11.5 Å². The molecule has 1 aromatic carbocycles. The number of nitrogens with one attached hydrogen (secondary N) is 1. The molecule has 0 aromatic heterocycles. The molecule has 0 amide bonds. The molecule has 0 fully saturated rings. The summed E-state index contributed by atoms with van der Waals surface area (Å²) in [6.45, 7) is 12.5. The van der Waals surface area contributed by atoms with Gasteiger partial charge in [0.1, 0.15) is 12.6 Å². The number of hydrogen-bond donors (Lipinski definition) is 1. The van der Waals surface area contributed by atoms with E-state index in [9.17, 15) is 19.2 Å². The summed E-state index contributed by atoms with van der Waals surface area (Å²) in [5.41, 5.74) is 0.553. The Morgan fingerprint density at radius 3 is 1.88 bits per heavy atom. The maximum Gasteiger partial charge on any atom is 0.513 e. The van der Waals surface area contributed by atoms with Gasteiger partial charge in [0.25, 0.3) is 0 Å². The molecule has 0 bridgehead atoms. The normalized spacial score (nSPS) is 13.0. The van der Waals surface area contributed by atoms with Crippen molar-refractivity contribution in [1.82, 2.24) is 5.32 Å². The molecule has 2 unspecified atom stereocenters. The number of carbonyl (C=O) groups excluding carboxylic acids is 4. The zero-order valence-corrected chi connectivity index (χ0v) is 25.9. The van der Waals surface area contributed by atoms with Crippen LogP contribution in [0, 0.1) is 17.8 Å². The second-order valence-electron chi connectivity index (χ2n) is 10.5. The molecule has 1 aromatic rings. The third kappa shape index (κ3) is 15.5. The van der Waals surface area contributed by atoms with Crippen LogP contribution in [0.2, 0.25) is 0 Å². The second-order valence-corrected chi connectivity index (χ2v) is 10.5. The lowest BCUT2D eigenvalue weighted by Gasteiger charge is -2.18. The summed E-state index contributed by atoms with van der Waals surface area (Å²) in [4.78, 5) is 48.8. The van der Waals surface area contributed by atoms with Crippen LogP contribution in [0.15, 0.2) is 18.2 Å². The highest BCUT2D eigenvalue weighted by atomic mass is 16.7. The lowest BCUT2D eigenvalue weighted by molar-refractivity contribution is -0.143. The zero-order chi connectivity index (χ0) is 31.5. The van der Waals surface area contributed by atoms with E-state index in [1.807, 2.05) is 41.5 Å². The molecule has 0 saturated carbocycles. The van der Waals surface area contributed by atoms with E-state index >= 15 is 0 Å². The highest BCUT2D eigenvalue weighted by Crippen LogP contribution is 2.30. The molecular weight excluding hydrogens is 550 g/mol. The predicted molar refractivity (Wildman–Crippen MR) is 154 cm³/mol. The summed E-state index contributed by atoms with van der Waals surface area (Å²) in [6, 6.07) is 3.67. The van der Waals surface area contributed by atoms with Crippen LogP contribution in [0.4, 0.5) is 14.4 Å². The van der Waals surface area contributed by atoms with Crippen LogP contribution in [-0.2, 0) is 34.9 Å². The minimum atomic E-state index is -0.967. The van der Waals surface area contributed by atoms with E-state index in [-0.39, 0.29) is 62.7 Å². The Kier molecular flexibility index (Phi) is 17.7. The Labute approximate surface area is 248 Å². The number of carbonyl (C=O) groups is 4. The van der Waals surface area contributed by atoms with E-state index in [4.69, 9.17) is 33.2 Å². The largest absolute Gasteiger partial charge is 0.513 e. The first-order valence-corrected chi connectivity index (χ1v) is 14.4. The molecule has 0 aliphatic rings. The summed E-state index contributed by atoms with van der Waals surface area (Å²) in [5.74, 6) is -0.0223. The molecule has 3 atom stereocenters. The second kappa shape index (κ2) is 20.4. The molecule has 0 aliphatic heterocycles. The fourth-order valence-corrected chi connectivity index (χ4v) is 3.14. The van der Waals surface area contributed by atoms with Gasteiger partial charge in [-0.1, -0.05) is 60.5 Å². The van der Waals surface area contributed by atoms with Crippen LogP contribution in [-0.4, -0.2) is 70.6 Å². The van der Waals surface area contributed by atoms with Crippen molar-refractivity contribution in [2.24, 2.45) is 17.8 Å². The van der Waals surface area contributed by atoms with Crippen LogP contribution < -0.4 is 14.8 Å². The minimum Gasteiger partial charge on any atom is -0.468 e. The fourth-order valence-electron chi connectivity index (χ4n) is 3.14. The molecule has 42 heavy (non-hydrogen) atoms.